The summed E-state index contributed by atoms with van der Waals surface area (Å²) >= 11 is 1.50. The molecule has 4 rings (SSSR count). The van der Waals surface area contributed by atoms with Crippen LogP contribution < -0.4 is 10.6 Å². The van der Waals surface area contributed by atoms with Crippen LogP contribution in [0.5, 0.6) is 0 Å². The van der Waals surface area contributed by atoms with E-state index in [-0.39, 0.29) is 17.9 Å². The number of benzene rings is 1. The van der Waals surface area contributed by atoms with Crippen molar-refractivity contribution in [2.45, 2.75) is 45.1 Å². The molecule has 3 heterocycles. The minimum atomic E-state index is -0.494. The number of piperidine rings is 1. The predicted octanol–water partition coefficient (Wildman–Crippen LogP) is 3.86. The Morgan fingerprint density at radius 2 is 2.03 bits per heavy atom. The highest BCUT2D eigenvalue weighted by Gasteiger charge is 2.29. The zero-order valence-corrected chi connectivity index (χ0v) is 19.5. The molecule has 2 aliphatic heterocycles. The Kier molecular flexibility index (Phi) is 6.45. The molecule has 2 amide bonds. The Balaban J connectivity index is 1.34. The largest absolute Gasteiger partial charge is 0.444 e. The van der Waals surface area contributed by atoms with Crippen LogP contribution in [0.15, 0.2) is 34.6 Å². The number of amides is 2. The van der Waals surface area contributed by atoms with Gasteiger partial charge in [-0.1, -0.05) is 12.1 Å². The van der Waals surface area contributed by atoms with Crippen molar-refractivity contribution in [3.05, 3.63) is 45.9 Å². The van der Waals surface area contributed by atoms with Crippen molar-refractivity contribution in [2.75, 3.05) is 31.5 Å². The quantitative estimate of drug-likeness (QED) is 0.730. The van der Waals surface area contributed by atoms with Crippen LogP contribution in [-0.4, -0.2) is 59.5 Å². The van der Waals surface area contributed by atoms with Gasteiger partial charge in [0.15, 0.2) is 0 Å². The van der Waals surface area contributed by atoms with Crippen molar-refractivity contribution < 1.29 is 14.3 Å². The molecule has 1 fully saturated rings. The van der Waals surface area contributed by atoms with Gasteiger partial charge in [-0.15, -0.1) is 11.3 Å². The Bertz CT molecular complexity index is 1020. The summed E-state index contributed by atoms with van der Waals surface area (Å²) < 4.78 is 5.46. The molecule has 0 bridgehead atoms. The molecule has 2 N–H and O–H groups in total. The Morgan fingerprint density at radius 1 is 1.25 bits per heavy atom. The smallest absolute Gasteiger partial charge is 0.410 e. The average molecular weight is 456 g/mol. The maximum Gasteiger partial charge on any atom is 0.410 e. The number of nitrogens with one attached hydrogen (secondary N) is 2. The van der Waals surface area contributed by atoms with Crippen LogP contribution in [0.4, 0.5) is 10.5 Å². The lowest BCUT2D eigenvalue weighted by Gasteiger charge is -2.32. The molecule has 0 saturated carbocycles. The zero-order valence-electron chi connectivity index (χ0n) is 18.7. The minimum absolute atomic E-state index is 0.225. The summed E-state index contributed by atoms with van der Waals surface area (Å²) in [5.41, 5.74) is 1.59. The van der Waals surface area contributed by atoms with Crippen LogP contribution in [0.2, 0.25) is 0 Å². The normalized spacial score (nSPS) is 17.0. The highest BCUT2D eigenvalue weighted by atomic mass is 32.1. The van der Waals surface area contributed by atoms with E-state index in [4.69, 9.17) is 4.74 Å². The number of aliphatic imine (C=N–C) groups is 1. The molecule has 1 aromatic carbocycles. The summed E-state index contributed by atoms with van der Waals surface area (Å²) in [4.78, 5) is 35.8. The molecule has 170 valence electrons. The summed E-state index contributed by atoms with van der Waals surface area (Å²) in [5, 5.41) is 8.92. The molecule has 2 aliphatic rings. The van der Waals surface area contributed by atoms with Crippen molar-refractivity contribution >= 4 is 34.9 Å². The van der Waals surface area contributed by atoms with E-state index >= 15 is 0 Å². The van der Waals surface area contributed by atoms with Gasteiger partial charge >= 0.3 is 6.09 Å². The molecule has 8 nitrogen and oxygen atoms in total. The van der Waals surface area contributed by atoms with Crippen molar-refractivity contribution in [3.8, 4) is 0 Å². The molecule has 0 aliphatic carbocycles. The van der Waals surface area contributed by atoms with Crippen molar-refractivity contribution in [2.24, 2.45) is 4.99 Å². The molecule has 2 aromatic rings. The number of hydrogen-bond acceptors (Lipinski definition) is 7. The van der Waals surface area contributed by atoms with Crippen LogP contribution in [0.25, 0.3) is 0 Å². The molecule has 0 spiro atoms. The first kappa shape index (κ1) is 22.3. The van der Waals surface area contributed by atoms with Crippen LogP contribution in [0, 0.1) is 0 Å². The van der Waals surface area contributed by atoms with Gasteiger partial charge in [-0.25, -0.2) is 9.78 Å². The Hall–Kier alpha value is -2.94. The maximum atomic E-state index is 12.7. The first-order valence-corrected chi connectivity index (χ1v) is 11.8. The minimum Gasteiger partial charge on any atom is -0.444 e. The topological polar surface area (TPSA) is 95.9 Å². The summed E-state index contributed by atoms with van der Waals surface area (Å²) in [6.45, 7) is 8.48. The van der Waals surface area contributed by atoms with E-state index < -0.39 is 5.60 Å². The van der Waals surface area contributed by atoms with Crippen molar-refractivity contribution in [1.82, 2.24) is 15.2 Å². The number of thiazole rings is 1. The van der Waals surface area contributed by atoms with E-state index in [2.05, 4.69) is 20.6 Å². The van der Waals surface area contributed by atoms with E-state index in [1.54, 1.807) is 10.3 Å². The summed E-state index contributed by atoms with van der Waals surface area (Å²) in [5.74, 6) is 0.877. The van der Waals surface area contributed by atoms with E-state index in [1.807, 2.05) is 45.0 Å². The van der Waals surface area contributed by atoms with Gasteiger partial charge in [0.25, 0.3) is 5.91 Å². The summed E-state index contributed by atoms with van der Waals surface area (Å²) in [6.07, 6.45) is 1.35. The van der Waals surface area contributed by atoms with E-state index in [0.29, 0.717) is 24.5 Å². The lowest BCUT2D eigenvalue weighted by molar-refractivity contribution is 0.0204. The second kappa shape index (κ2) is 9.28. The van der Waals surface area contributed by atoms with Gasteiger partial charge < -0.3 is 20.3 Å². The van der Waals surface area contributed by atoms with Gasteiger partial charge in [-0.2, -0.15) is 0 Å². The molecule has 1 aromatic heterocycles. The van der Waals surface area contributed by atoms with Gasteiger partial charge in [0.05, 0.1) is 11.6 Å². The standard InChI is InChI=1S/C23H29N5O3S/c1-23(2,3)31-22(30)28-11-7-15(8-12-28)21-27-18(14-32-21)20(29)26-17-6-4-5-16(13-17)19-24-9-10-25-19/h4-6,13-15H,7-12H2,1-3H3,(H,24,25)(H,26,29). The molecule has 9 heteroatoms. The maximum absolute atomic E-state index is 12.7. The van der Waals surface area contributed by atoms with Crippen molar-refractivity contribution in [1.29, 1.82) is 0 Å². The number of carbonyl (C=O) groups excluding carboxylic acids is 2. The number of ether oxygens (including phenoxy) is 1. The van der Waals surface area contributed by atoms with Crippen LogP contribution in [0.3, 0.4) is 0 Å². The number of anilines is 1. The molecule has 0 radical (unpaired) electrons. The van der Waals surface area contributed by atoms with Gasteiger partial charge in [-0.3, -0.25) is 9.79 Å². The number of likely N-dealkylation sites (tertiary alicyclic amines) is 1. The van der Waals surface area contributed by atoms with Crippen LogP contribution in [0.1, 0.15) is 60.6 Å². The third-order valence-corrected chi connectivity index (χ3v) is 6.33. The molecule has 0 atom stereocenters. The number of nitrogens with zero attached hydrogens (tertiary/aromatic N) is 3. The zero-order chi connectivity index (χ0) is 22.7. The molecular formula is C23H29N5O3S. The van der Waals surface area contributed by atoms with E-state index in [1.165, 1.54) is 11.3 Å². The van der Waals surface area contributed by atoms with Gasteiger partial charge in [-0.05, 0) is 45.7 Å². The molecular weight excluding hydrogens is 426 g/mol. The number of hydrogen-bond donors (Lipinski definition) is 2. The Labute approximate surface area is 192 Å². The first-order valence-electron chi connectivity index (χ1n) is 10.9. The number of aromatic nitrogens is 1. The van der Waals surface area contributed by atoms with Crippen LogP contribution in [-0.2, 0) is 4.74 Å². The SMILES string of the molecule is CC(C)(C)OC(=O)N1CCC(c2nc(C(=O)Nc3cccc(C4=NCCN4)c3)cs2)CC1. The highest BCUT2D eigenvalue weighted by molar-refractivity contribution is 7.10. The third kappa shape index (κ3) is 5.45. The second-order valence-electron chi connectivity index (χ2n) is 9.00. The lowest BCUT2D eigenvalue weighted by Crippen LogP contribution is -2.41. The second-order valence-corrected chi connectivity index (χ2v) is 9.89. The van der Waals surface area contributed by atoms with Gasteiger partial charge in [0, 0.05) is 42.2 Å². The number of amidine groups is 1. The monoisotopic (exact) mass is 455 g/mol. The van der Waals surface area contributed by atoms with Gasteiger partial charge in [0.2, 0.25) is 0 Å². The van der Waals surface area contributed by atoms with E-state index in [0.717, 1.165) is 42.3 Å². The highest BCUT2D eigenvalue weighted by Crippen LogP contribution is 2.31. The Morgan fingerprint density at radius 3 is 2.72 bits per heavy atom. The van der Waals surface area contributed by atoms with Crippen LogP contribution >= 0.6 is 11.3 Å². The van der Waals surface area contributed by atoms with E-state index in [9.17, 15) is 9.59 Å². The fourth-order valence-corrected chi connectivity index (χ4v) is 4.72. The fraction of sp³-hybridized carbons (Fsp3) is 0.478. The molecule has 32 heavy (non-hydrogen) atoms. The summed E-state index contributed by atoms with van der Waals surface area (Å²) in [6, 6.07) is 7.64. The predicted molar refractivity (Wildman–Crippen MR) is 126 cm³/mol. The average Bonchev–Trinajstić information content (AvgIpc) is 3.45. The van der Waals surface area contributed by atoms with Gasteiger partial charge in [0.1, 0.15) is 17.1 Å². The third-order valence-electron chi connectivity index (χ3n) is 5.32. The molecule has 0 unspecified atom stereocenters. The first-order chi connectivity index (χ1) is 15.3. The van der Waals surface area contributed by atoms with Crippen molar-refractivity contribution in [3.63, 3.8) is 0 Å². The number of rotatable bonds is 4. The fourth-order valence-electron chi connectivity index (χ4n) is 3.75. The molecule has 1 saturated heterocycles. The summed E-state index contributed by atoms with van der Waals surface area (Å²) in [7, 11) is 0. The lowest BCUT2D eigenvalue weighted by atomic mass is 9.98. The number of carbonyl (C=O) groups is 2.